The number of nitrogens with two attached hydrogens (primary N) is 1. The van der Waals surface area contributed by atoms with Crippen LogP contribution in [-0.2, 0) is 4.74 Å². The van der Waals surface area contributed by atoms with Crippen molar-refractivity contribution in [3.8, 4) is 0 Å². The smallest absolute Gasteiger partial charge is 0.170 e. The lowest BCUT2D eigenvalue weighted by atomic mass is 10.0. The van der Waals surface area contributed by atoms with Gasteiger partial charge in [0, 0.05) is 17.8 Å². The van der Waals surface area contributed by atoms with Crippen LogP contribution >= 0.6 is 0 Å². The largest absolute Gasteiger partial charge is 0.409 e. The number of rotatable bonds is 2. The molecule has 0 radical (unpaired) electrons. The van der Waals surface area contributed by atoms with E-state index in [0.717, 1.165) is 24.3 Å². The molecule has 3 N–H and O–H groups in total. The summed E-state index contributed by atoms with van der Waals surface area (Å²) in [6.07, 6.45) is 3.99. The van der Waals surface area contributed by atoms with Crippen LogP contribution in [-0.4, -0.2) is 36.3 Å². The minimum atomic E-state index is 0.162. The Bertz CT molecular complexity index is 530. The lowest BCUT2D eigenvalue weighted by molar-refractivity contribution is 0.0256. The fourth-order valence-corrected chi connectivity index (χ4v) is 3.41. The molecule has 1 aliphatic heterocycles. The van der Waals surface area contributed by atoms with Crippen molar-refractivity contribution >= 4 is 11.5 Å². The topological polar surface area (TPSA) is 71.1 Å². The number of anilines is 1. The molecule has 2 unspecified atom stereocenters. The Balaban J connectivity index is 1.88. The van der Waals surface area contributed by atoms with Gasteiger partial charge in [0.1, 0.15) is 0 Å². The van der Waals surface area contributed by atoms with Crippen LogP contribution in [0.5, 0.6) is 0 Å². The maximum absolute atomic E-state index is 8.79. The number of ether oxygens (including phenoxy) is 1. The molecule has 2 atom stereocenters. The zero-order valence-corrected chi connectivity index (χ0v) is 11.7. The van der Waals surface area contributed by atoms with E-state index >= 15 is 0 Å². The van der Waals surface area contributed by atoms with Crippen molar-refractivity contribution in [1.29, 1.82) is 0 Å². The normalized spacial score (nSPS) is 26.6. The number of hydrogen-bond donors (Lipinski definition) is 2. The summed E-state index contributed by atoms with van der Waals surface area (Å²) >= 11 is 0. The molecule has 1 saturated heterocycles. The lowest BCUT2D eigenvalue weighted by Crippen LogP contribution is -2.48. The molecule has 2 aliphatic rings. The Morgan fingerprint density at radius 2 is 2.30 bits per heavy atom. The van der Waals surface area contributed by atoms with Gasteiger partial charge in [-0.25, -0.2) is 0 Å². The molecule has 2 fully saturated rings. The van der Waals surface area contributed by atoms with Gasteiger partial charge in [0.2, 0.25) is 0 Å². The van der Waals surface area contributed by atoms with Crippen LogP contribution in [0.3, 0.4) is 0 Å². The standard InChI is InChI=1S/C15H21N3O2/c1-10-9-11(5-6-12(10)15(16)17-19)18-7-8-20-14-4-2-3-13(14)18/h5-6,9,13-14,19H,2-4,7-8H2,1H3,(H2,16,17). The zero-order chi connectivity index (χ0) is 14.1. The van der Waals surface area contributed by atoms with Crippen LogP contribution in [0, 0.1) is 6.92 Å². The van der Waals surface area contributed by atoms with Gasteiger partial charge in [0.05, 0.1) is 18.8 Å². The molecule has 0 aromatic heterocycles. The van der Waals surface area contributed by atoms with Gasteiger partial charge in [0.25, 0.3) is 0 Å². The van der Waals surface area contributed by atoms with E-state index < -0.39 is 0 Å². The highest BCUT2D eigenvalue weighted by Crippen LogP contribution is 2.33. The molecule has 5 nitrogen and oxygen atoms in total. The van der Waals surface area contributed by atoms with Gasteiger partial charge in [-0.15, -0.1) is 0 Å². The monoisotopic (exact) mass is 275 g/mol. The molecule has 0 amide bonds. The van der Waals surface area contributed by atoms with Gasteiger partial charge in [0.15, 0.2) is 5.84 Å². The molecule has 1 aromatic carbocycles. The maximum Gasteiger partial charge on any atom is 0.170 e. The molecule has 0 bridgehead atoms. The quantitative estimate of drug-likeness (QED) is 0.374. The Kier molecular flexibility index (Phi) is 3.53. The van der Waals surface area contributed by atoms with Crippen molar-refractivity contribution in [2.75, 3.05) is 18.1 Å². The van der Waals surface area contributed by atoms with E-state index in [1.54, 1.807) is 0 Å². The molecule has 1 aromatic rings. The minimum absolute atomic E-state index is 0.162. The number of amidine groups is 1. The van der Waals surface area contributed by atoms with E-state index in [1.165, 1.54) is 24.9 Å². The van der Waals surface area contributed by atoms with E-state index in [-0.39, 0.29) is 5.84 Å². The summed E-state index contributed by atoms with van der Waals surface area (Å²) < 4.78 is 5.85. The van der Waals surface area contributed by atoms with Gasteiger partial charge in [-0.2, -0.15) is 0 Å². The number of morpholine rings is 1. The molecule has 1 heterocycles. The highest BCUT2D eigenvalue weighted by Gasteiger charge is 2.36. The first-order chi connectivity index (χ1) is 9.70. The predicted octanol–water partition coefficient (Wildman–Crippen LogP) is 1.85. The molecule has 1 aliphatic carbocycles. The molecule has 0 spiro atoms. The summed E-state index contributed by atoms with van der Waals surface area (Å²) in [5, 5.41) is 11.9. The van der Waals surface area contributed by atoms with Gasteiger partial charge in [-0.1, -0.05) is 5.16 Å². The minimum Gasteiger partial charge on any atom is -0.409 e. The molecule has 108 valence electrons. The van der Waals surface area contributed by atoms with Crippen molar-refractivity contribution in [3.63, 3.8) is 0 Å². The second-order valence-corrected chi connectivity index (χ2v) is 5.59. The first kappa shape index (κ1) is 13.2. The first-order valence-electron chi connectivity index (χ1n) is 7.17. The van der Waals surface area contributed by atoms with Crippen LogP contribution in [0.15, 0.2) is 23.4 Å². The number of hydrogen-bond acceptors (Lipinski definition) is 4. The molecule has 20 heavy (non-hydrogen) atoms. The summed E-state index contributed by atoms with van der Waals surface area (Å²) in [5.74, 6) is 0.162. The molecule has 1 saturated carbocycles. The van der Waals surface area contributed by atoms with Crippen LogP contribution in [0.25, 0.3) is 0 Å². The maximum atomic E-state index is 8.79. The average Bonchev–Trinajstić information content (AvgIpc) is 2.94. The number of aryl methyl sites for hydroxylation is 1. The molecule has 3 rings (SSSR count). The highest BCUT2D eigenvalue weighted by atomic mass is 16.5. The van der Waals surface area contributed by atoms with E-state index in [1.807, 2.05) is 13.0 Å². The van der Waals surface area contributed by atoms with Gasteiger partial charge in [-0.05, 0) is 49.9 Å². The Labute approximate surface area is 119 Å². The zero-order valence-electron chi connectivity index (χ0n) is 11.7. The van der Waals surface area contributed by atoms with E-state index in [4.69, 9.17) is 15.7 Å². The number of fused-ring (bicyclic) bond motifs is 1. The van der Waals surface area contributed by atoms with Crippen LogP contribution in [0.2, 0.25) is 0 Å². The second-order valence-electron chi connectivity index (χ2n) is 5.59. The number of benzene rings is 1. The Morgan fingerprint density at radius 3 is 3.05 bits per heavy atom. The van der Waals surface area contributed by atoms with Gasteiger partial charge >= 0.3 is 0 Å². The van der Waals surface area contributed by atoms with Crippen molar-refractivity contribution in [2.45, 2.75) is 38.3 Å². The predicted molar refractivity (Wildman–Crippen MR) is 78.4 cm³/mol. The number of oxime groups is 1. The fraction of sp³-hybridized carbons (Fsp3) is 0.533. The summed E-state index contributed by atoms with van der Waals surface area (Å²) in [4.78, 5) is 2.45. The summed E-state index contributed by atoms with van der Waals surface area (Å²) in [6.45, 7) is 3.72. The molecular weight excluding hydrogens is 254 g/mol. The summed E-state index contributed by atoms with van der Waals surface area (Å²) in [5.41, 5.74) is 8.69. The fourth-order valence-electron chi connectivity index (χ4n) is 3.41. The first-order valence-corrected chi connectivity index (χ1v) is 7.17. The summed E-state index contributed by atoms with van der Waals surface area (Å²) in [6, 6.07) is 6.60. The lowest BCUT2D eigenvalue weighted by Gasteiger charge is -2.39. The molecular formula is C15H21N3O2. The third kappa shape index (κ3) is 2.22. The van der Waals surface area contributed by atoms with Crippen molar-refractivity contribution in [3.05, 3.63) is 29.3 Å². The van der Waals surface area contributed by atoms with E-state index in [2.05, 4.69) is 22.2 Å². The third-order valence-corrected chi connectivity index (χ3v) is 4.41. The van der Waals surface area contributed by atoms with Crippen molar-refractivity contribution in [1.82, 2.24) is 0 Å². The molecule has 5 heteroatoms. The second kappa shape index (κ2) is 5.32. The van der Waals surface area contributed by atoms with Crippen LogP contribution < -0.4 is 10.6 Å². The Hall–Kier alpha value is -1.75. The summed E-state index contributed by atoms with van der Waals surface area (Å²) in [7, 11) is 0. The van der Waals surface area contributed by atoms with Gasteiger partial charge in [-0.3, -0.25) is 0 Å². The van der Waals surface area contributed by atoms with E-state index in [0.29, 0.717) is 12.1 Å². The SMILES string of the molecule is Cc1cc(N2CCOC3CCCC32)ccc1/C(N)=N/O. The Morgan fingerprint density at radius 1 is 1.45 bits per heavy atom. The van der Waals surface area contributed by atoms with Crippen LogP contribution in [0.4, 0.5) is 5.69 Å². The van der Waals surface area contributed by atoms with Crippen molar-refractivity contribution < 1.29 is 9.94 Å². The highest BCUT2D eigenvalue weighted by molar-refractivity contribution is 5.98. The average molecular weight is 275 g/mol. The van der Waals surface area contributed by atoms with E-state index in [9.17, 15) is 0 Å². The third-order valence-electron chi connectivity index (χ3n) is 4.41. The van der Waals surface area contributed by atoms with Crippen LogP contribution in [0.1, 0.15) is 30.4 Å². The van der Waals surface area contributed by atoms with Gasteiger partial charge < -0.3 is 20.6 Å². The van der Waals surface area contributed by atoms with Crippen molar-refractivity contribution in [2.24, 2.45) is 10.9 Å². The number of nitrogens with zero attached hydrogens (tertiary/aromatic N) is 2.